The molecule has 9 N–H and O–H groups in total. The van der Waals surface area contributed by atoms with Gasteiger partial charge in [0, 0.05) is 11.3 Å². The monoisotopic (exact) mass is 782 g/mol. The van der Waals surface area contributed by atoms with E-state index in [4.69, 9.17) is 18.9 Å². The summed E-state index contributed by atoms with van der Waals surface area (Å²) < 4.78 is 23.6. The van der Waals surface area contributed by atoms with Crippen LogP contribution in [0.2, 0.25) is 0 Å². The van der Waals surface area contributed by atoms with Crippen LogP contribution in [0.3, 0.4) is 0 Å². The van der Waals surface area contributed by atoms with Gasteiger partial charge in [0.05, 0.1) is 36.9 Å². The maximum absolute atomic E-state index is 13.1. The van der Waals surface area contributed by atoms with Crippen molar-refractivity contribution in [3.8, 4) is 0 Å². The molecule has 20 atom stereocenters. The summed E-state index contributed by atoms with van der Waals surface area (Å²) in [7, 11) is 0. The van der Waals surface area contributed by atoms with Gasteiger partial charge in [0.25, 0.3) is 0 Å². The van der Waals surface area contributed by atoms with E-state index in [9.17, 15) is 50.8 Å². The molecule has 0 amide bonds. The van der Waals surface area contributed by atoms with Crippen molar-refractivity contribution in [1.82, 2.24) is 0 Å². The van der Waals surface area contributed by atoms with Crippen LogP contribution in [-0.4, -0.2) is 139 Å². The molecule has 7 rings (SSSR count). The summed E-state index contributed by atoms with van der Waals surface area (Å²) >= 11 is 0. The number of carboxylic acids is 1. The Morgan fingerprint density at radius 1 is 0.836 bits per heavy atom. The molecular formula is C41H66O14. The lowest BCUT2D eigenvalue weighted by molar-refractivity contribution is -0.358. The van der Waals surface area contributed by atoms with E-state index in [-0.39, 0.29) is 47.2 Å². The van der Waals surface area contributed by atoms with Gasteiger partial charge in [-0.2, -0.15) is 0 Å². The average molecular weight is 783 g/mol. The fourth-order valence-corrected chi connectivity index (χ4v) is 13.6. The van der Waals surface area contributed by atoms with Crippen LogP contribution in [0, 0.1) is 50.7 Å². The lowest BCUT2D eigenvalue weighted by Gasteiger charge is -2.72. The topological polar surface area (TPSA) is 236 Å². The zero-order valence-corrected chi connectivity index (χ0v) is 33.2. The van der Waals surface area contributed by atoms with Crippen molar-refractivity contribution >= 4 is 5.97 Å². The van der Waals surface area contributed by atoms with Crippen molar-refractivity contribution in [2.45, 2.75) is 166 Å². The van der Waals surface area contributed by atoms with Crippen LogP contribution in [0.15, 0.2) is 11.6 Å². The minimum absolute atomic E-state index is 0.0207. The number of ether oxygens (including phenoxy) is 4. The number of hydrogen-bond acceptors (Lipinski definition) is 13. The first-order valence-electron chi connectivity index (χ1n) is 20.5. The smallest absolute Gasteiger partial charge is 0.310 e. The van der Waals surface area contributed by atoms with Crippen molar-refractivity contribution in [2.24, 2.45) is 50.7 Å². The SMILES string of the molecule is C[C@@H]1CC[C@@]2(C(=O)O)CC[C@]3(C)C(=CC[C@@H]4[C@@]5(C)CC[C@H](O[C@@H]6OC[C@H](O)[C@@H](O[C@@H]7O[C@@H](CO)[C@@H](O)[C@H](O)[C@H]7O)[C@H]6O)[C@](C)(CO)[C@H]5CC[C@@]43C)[C@H]2[C@]1(C)O. The second-order valence-corrected chi connectivity index (χ2v) is 19.7. The number of aliphatic hydroxyl groups excluding tert-OH is 7. The molecule has 55 heavy (non-hydrogen) atoms. The number of rotatable bonds is 7. The van der Waals surface area contributed by atoms with E-state index >= 15 is 0 Å². The van der Waals surface area contributed by atoms with Crippen LogP contribution >= 0.6 is 0 Å². The van der Waals surface area contributed by atoms with Gasteiger partial charge in [0.15, 0.2) is 12.6 Å². The second-order valence-electron chi connectivity index (χ2n) is 19.7. The van der Waals surface area contributed by atoms with E-state index in [2.05, 4.69) is 26.8 Å². The Balaban J connectivity index is 1.13. The summed E-state index contributed by atoms with van der Waals surface area (Å²) in [6, 6.07) is 0. The third kappa shape index (κ3) is 5.89. The van der Waals surface area contributed by atoms with Gasteiger partial charge in [-0.15, -0.1) is 0 Å². The van der Waals surface area contributed by atoms with E-state index in [1.54, 1.807) is 0 Å². The predicted molar refractivity (Wildman–Crippen MR) is 195 cm³/mol. The summed E-state index contributed by atoms with van der Waals surface area (Å²) in [5.41, 5.74) is -2.52. The van der Waals surface area contributed by atoms with Crippen molar-refractivity contribution in [1.29, 1.82) is 0 Å². The zero-order valence-electron chi connectivity index (χ0n) is 33.2. The minimum atomic E-state index is -1.73. The molecular weight excluding hydrogens is 716 g/mol. The number of hydrogen-bond donors (Lipinski definition) is 9. The molecule has 0 aromatic heterocycles. The van der Waals surface area contributed by atoms with E-state index in [1.807, 2.05) is 20.8 Å². The summed E-state index contributed by atoms with van der Waals surface area (Å²) in [5.74, 6) is -1.07. The molecule has 0 bridgehead atoms. The molecule has 0 aromatic carbocycles. The van der Waals surface area contributed by atoms with Gasteiger partial charge < -0.3 is 64.9 Å². The van der Waals surface area contributed by atoms with Crippen molar-refractivity contribution in [2.75, 3.05) is 19.8 Å². The van der Waals surface area contributed by atoms with Gasteiger partial charge in [-0.25, -0.2) is 0 Å². The summed E-state index contributed by atoms with van der Waals surface area (Å²) in [6.45, 7) is 11.8. The maximum atomic E-state index is 13.1. The lowest BCUT2D eigenvalue weighted by atomic mass is 9.33. The first kappa shape index (κ1) is 41.9. The molecule has 0 unspecified atom stereocenters. The van der Waals surface area contributed by atoms with Gasteiger partial charge in [0.2, 0.25) is 0 Å². The number of fused-ring (bicyclic) bond motifs is 7. The zero-order chi connectivity index (χ0) is 40.3. The molecule has 2 heterocycles. The third-order valence-electron chi connectivity index (χ3n) is 17.4. The minimum Gasteiger partial charge on any atom is -0.481 e. The van der Waals surface area contributed by atoms with Crippen molar-refractivity contribution in [3.05, 3.63) is 11.6 Å². The Labute approximate surface area is 323 Å². The Morgan fingerprint density at radius 2 is 1.55 bits per heavy atom. The number of aliphatic hydroxyl groups is 8. The highest BCUT2D eigenvalue weighted by atomic mass is 16.7. The molecule has 14 heteroatoms. The van der Waals surface area contributed by atoms with Crippen molar-refractivity contribution in [3.63, 3.8) is 0 Å². The molecule has 6 fully saturated rings. The highest BCUT2D eigenvalue weighted by molar-refractivity contribution is 5.77. The van der Waals surface area contributed by atoms with Gasteiger partial charge in [-0.1, -0.05) is 46.3 Å². The predicted octanol–water partition coefficient (Wildman–Crippen LogP) is 1.46. The highest BCUT2D eigenvalue weighted by Gasteiger charge is 2.72. The molecule has 0 aromatic rings. The maximum Gasteiger partial charge on any atom is 0.310 e. The Kier molecular flexibility index (Phi) is 10.8. The first-order valence-corrected chi connectivity index (χ1v) is 20.5. The normalized spacial score (nSPS) is 56.7. The standard InChI is InChI=1S/C41H66O14/c1-20-9-14-41(35(49)50)16-15-38(4)21(32(41)40(20,6)51)7-8-25-36(2)12-11-26(37(3,19-43)24(36)10-13-39(25,38)5)54-33-30(48)31(22(44)18-52-33)55-34-29(47)28(46)27(45)23(17-42)53-34/h7,20,22-34,42-48,51H,8-19H2,1-6H3,(H,49,50)/t20-,22+,23+,24+,25-,26+,27-,28+,29-,30-,31-,32+,33+,34+,36+,37-,38-,39+,40-,41-/m1/s1. The molecule has 2 aliphatic heterocycles. The third-order valence-corrected chi connectivity index (χ3v) is 17.4. The van der Waals surface area contributed by atoms with Crippen LogP contribution in [0.25, 0.3) is 0 Å². The fourth-order valence-electron chi connectivity index (χ4n) is 13.6. The van der Waals surface area contributed by atoms with Crippen LogP contribution in [0.1, 0.15) is 99.3 Å². The Hall–Kier alpha value is -1.27. The molecule has 4 saturated carbocycles. The number of carboxylic acid groups (broad SMARTS) is 1. The second kappa shape index (κ2) is 14.2. The molecule has 14 nitrogen and oxygen atoms in total. The van der Waals surface area contributed by atoms with Gasteiger partial charge >= 0.3 is 5.97 Å². The largest absolute Gasteiger partial charge is 0.481 e. The number of aliphatic carboxylic acids is 1. The summed E-state index contributed by atoms with van der Waals surface area (Å²) in [6.07, 6.45) is -5.46. The highest BCUT2D eigenvalue weighted by Crippen LogP contribution is 2.76. The van der Waals surface area contributed by atoms with Crippen LogP contribution in [0.5, 0.6) is 0 Å². The Bertz CT molecular complexity index is 1490. The summed E-state index contributed by atoms with van der Waals surface area (Å²) in [4.78, 5) is 13.1. The quantitative estimate of drug-likeness (QED) is 0.132. The van der Waals surface area contributed by atoms with Gasteiger partial charge in [-0.05, 0) is 98.7 Å². The summed E-state index contributed by atoms with van der Waals surface area (Å²) in [5, 5.41) is 97.0. The fraction of sp³-hybridized carbons (Fsp3) is 0.927. The van der Waals surface area contributed by atoms with Crippen LogP contribution < -0.4 is 0 Å². The molecule has 7 aliphatic rings. The van der Waals surface area contributed by atoms with Gasteiger partial charge in [-0.3, -0.25) is 4.79 Å². The lowest BCUT2D eigenvalue weighted by Crippen LogP contribution is -2.68. The molecule has 314 valence electrons. The average Bonchev–Trinajstić information content (AvgIpc) is 3.13. The first-order chi connectivity index (χ1) is 25.7. The van der Waals surface area contributed by atoms with Crippen LogP contribution in [0.4, 0.5) is 0 Å². The van der Waals surface area contributed by atoms with E-state index in [0.717, 1.165) is 37.7 Å². The van der Waals surface area contributed by atoms with Crippen molar-refractivity contribution < 1.29 is 69.7 Å². The van der Waals surface area contributed by atoms with E-state index in [0.29, 0.717) is 25.7 Å². The molecule has 0 spiro atoms. The van der Waals surface area contributed by atoms with Gasteiger partial charge in [0.1, 0.15) is 42.7 Å². The van der Waals surface area contributed by atoms with E-state index in [1.165, 1.54) is 0 Å². The van der Waals surface area contributed by atoms with Crippen LogP contribution in [-0.2, 0) is 23.7 Å². The Morgan fingerprint density at radius 3 is 2.20 bits per heavy atom. The molecule has 0 radical (unpaired) electrons. The number of carbonyl (C=O) groups is 1. The van der Waals surface area contributed by atoms with E-state index < -0.39 is 96.3 Å². The molecule has 2 saturated heterocycles. The number of allylic oxidation sites excluding steroid dienone is 1. The molecule has 5 aliphatic carbocycles.